The number of halogens is 10. The minimum absolute atomic E-state index is 0.406. The highest BCUT2D eigenvalue weighted by Crippen LogP contribution is 2.64. The lowest BCUT2D eigenvalue weighted by molar-refractivity contribution is 0.192. The first-order valence-corrected chi connectivity index (χ1v) is 22.1. The smallest absolute Gasteiger partial charge is 0.200 e. The molecule has 334 valence electrons. The van der Waals surface area contributed by atoms with Crippen LogP contribution in [0.3, 0.4) is 0 Å². The summed E-state index contributed by atoms with van der Waals surface area (Å²) >= 11 is 0. The van der Waals surface area contributed by atoms with Crippen LogP contribution in [0.5, 0.6) is 0 Å². The van der Waals surface area contributed by atoms with Gasteiger partial charge in [0, 0.05) is 22.2 Å². The van der Waals surface area contributed by atoms with Crippen LogP contribution in [0, 0.1) is 58.2 Å². The Morgan fingerprint density at radius 3 is 1.05 bits per heavy atom. The molecule has 6 aromatic carbocycles. The molecule has 0 N–H and O–H groups in total. The van der Waals surface area contributed by atoms with Gasteiger partial charge >= 0.3 is 0 Å². The molecule has 2 aliphatic heterocycles. The molecule has 3 aliphatic carbocycles. The van der Waals surface area contributed by atoms with E-state index in [0.29, 0.717) is 43.5 Å². The topological polar surface area (TPSA) is 6.48 Å². The summed E-state index contributed by atoms with van der Waals surface area (Å²) in [6.07, 6.45) is 5.98. The van der Waals surface area contributed by atoms with Crippen molar-refractivity contribution in [2.45, 2.75) is 107 Å². The van der Waals surface area contributed by atoms with Crippen LogP contribution in [0.15, 0.2) is 72.8 Å². The van der Waals surface area contributed by atoms with Crippen LogP contribution in [0.2, 0.25) is 0 Å². The maximum absolute atomic E-state index is 15.6. The molecule has 0 amide bonds. The van der Waals surface area contributed by atoms with Crippen molar-refractivity contribution >= 4 is 22.7 Å². The maximum Gasteiger partial charge on any atom is 0.200 e. The van der Waals surface area contributed by atoms with E-state index in [1.807, 2.05) is 64.1 Å². The molecular weight excluding hydrogens is 855 g/mol. The maximum atomic E-state index is 15.6. The van der Waals surface area contributed by atoms with Crippen molar-refractivity contribution in [3.05, 3.63) is 153 Å². The Morgan fingerprint density at radius 1 is 0.369 bits per heavy atom. The molecule has 0 spiro atoms. The third-order valence-electron chi connectivity index (χ3n) is 16.6. The van der Waals surface area contributed by atoms with E-state index in [9.17, 15) is 26.3 Å². The van der Waals surface area contributed by atoms with Crippen molar-refractivity contribution in [3.63, 3.8) is 0 Å². The summed E-state index contributed by atoms with van der Waals surface area (Å²) in [7, 11) is 0. The van der Waals surface area contributed by atoms with Crippen molar-refractivity contribution < 1.29 is 43.9 Å². The van der Waals surface area contributed by atoms with E-state index in [1.165, 1.54) is 9.80 Å². The molecule has 0 bridgehead atoms. The van der Waals surface area contributed by atoms with Crippen LogP contribution in [-0.2, 0) is 17.3 Å². The highest BCUT2D eigenvalue weighted by atomic mass is 19.2. The summed E-state index contributed by atoms with van der Waals surface area (Å²) in [6.45, 7) is 7.71. The van der Waals surface area contributed by atoms with Gasteiger partial charge in [-0.1, -0.05) is 88.1 Å². The highest BCUT2D eigenvalue weighted by molar-refractivity contribution is 5.86. The Labute approximate surface area is 369 Å². The van der Waals surface area contributed by atoms with Crippen molar-refractivity contribution in [2.24, 2.45) is 0 Å². The van der Waals surface area contributed by atoms with E-state index < -0.39 is 91.5 Å². The van der Waals surface area contributed by atoms with Crippen molar-refractivity contribution in [1.29, 1.82) is 0 Å². The second-order valence-electron chi connectivity index (χ2n) is 19.5. The predicted molar refractivity (Wildman–Crippen MR) is 231 cm³/mol. The highest BCUT2D eigenvalue weighted by Gasteiger charge is 2.60. The molecule has 4 unspecified atom stereocenters. The van der Waals surface area contributed by atoms with Gasteiger partial charge in [-0.05, 0) is 126 Å². The fraction of sp³-hybridized carbons (Fsp3) is 0.321. The average molecular weight is 897 g/mol. The van der Waals surface area contributed by atoms with Crippen LogP contribution < -0.4 is 9.80 Å². The van der Waals surface area contributed by atoms with Crippen LogP contribution in [-0.4, -0.2) is 11.1 Å². The summed E-state index contributed by atoms with van der Waals surface area (Å²) in [5.41, 5.74) is 4.93. The molecule has 65 heavy (non-hydrogen) atoms. The number of hydrogen-bond acceptors (Lipinski definition) is 2. The molecule has 0 aromatic heterocycles. The van der Waals surface area contributed by atoms with E-state index in [4.69, 9.17) is 0 Å². The molecule has 4 atom stereocenters. The van der Waals surface area contributed by atoms with Crippen molar-refractivity contribution in [3.8, 4) is 33.4 Å². The van der Waals surface area contributed by atoms with Gasteiger partial charge in [-0.15, -0.1) is 0 Å². The zero-order valence-corrected chi connectivity index (χ0v) is 36.0. The van der Waals surface area contributed by atoms with Crippen LogP contribution in [0.25, 0.3) is 33.4 Å². The molecule has 2 fully saturated rings. The van der Waals surface area contributed by atoms with Crippen LogP contribution in [0.1, 0.15) is 101 Å². The van der Waals surface area contributed by atoms with Crippen molar-refractivity contribution in [2.75, 3.05) is 9.80 Å². The lowest BCUT2D eigenvalue weighted by Crippen LogP contribution is -2.55. The van der Waals surface area contributed by atoms with Gasteiger partial charge in [-0.2, -0.15) is 0 Å². The average Bonchev–Trinajstić information content (AvgIpc) is 3.84. The number of rotatable bonds is 4. The van der Waals surface area contributed by atoms with E-state index in [0.717, 1.165) is 81.3 Å². The third-order valence-corrected chi connectivity index (χ3v) is 16.6. The second-order valence-corrected chi connectivity index (χ2v) is 19.5. The first-order valence-electron chi connectivity index (χ1n) is 22.1. The van der Waals surface area contributed by atoms with E-state index in [-0.39, 0.29) is 0 Å². The van der Waals surface area contributed by atoms with Gasteiger partial charge in [0.25, 0.3) is 0 Å². The molecule has 12 heteroatoms. The number of anilines is 4. The zero-order valence-electron chi connectivity index (χ0n) is 36.0. The van der Waals surface area contributed by atoms with E-state index in [1.54, 1.807) is 12.1 Å². The molecule has 2 nitrogen and oxygen atoms in total. The molecule has 0 radical (unpaired) electrons. The van der Waals surface area contributed by atoms with Crippen molar-refractivity contribution in [1.82, 2.24) is 0 Å². The molecule has 2 heterocycles. The predicted octanol–water partition coefficient (Wildman–Crippen LogP) is 15.5. The van der Waals surface area contributed by atoms with Crippen LogP contribution >= 0.6 is 0 Å². The fourth-order valence-electron chi connectivity index (χ4n) is 12.7. The number of hydrogen-bond donors (Lipinski definition) is 0. The monoisotopic (exact) mass is 896 g/mol. The van der Waals surface area contributed by atoms with Gasteiger partial charge < -0.3 is 9.80 Å². The van der Waals surface area contributed by atoms with Gasteiger partial charge in [-0.25, -0.2) is 43.9 Å². The Balaban J connectivity index is 0.943. The fourth-order valence-corrected chi connectivity index (χ4v) is 12.7. The minimum atomic E-state index is -2.19. The van der Waals surface area contributed by atoms with Gasteiger partial charge in [0.15, 0.2) is 46.5 Å². The first kappa shape index (κ1) is 41.9. The summed E-state index contributed by atoms with van der Waals surface area (Å²) < 4.78 is 149. The number of nitrogens with zero attached hydrogens (tertiary/aromatic N) is 2. The first-order chi connectivity index (χ1) is 30.9. The minimum Gasteiger partial charge on any atom is -0.329 e. The SMILES string of the molecule is CC12CCCCC1(C)N(c1c(F)c(F)c(F)c(F)c1F)c1ccc(-c3ccc4c(c3)Cc3cc(-c5ccc6c(c5)C5(C)CCCCC5(C)N6c5c(F)c(F)c(F)c(F)c5F)ccc3-4)cc12. The van der Waals surface area contributed by atoms with Gasteiger partial charge in [-0.3, -0.25) is 0 Å². The lowest BCUT2D eigenvalue weighted by Gasteiger charge is -2.50. The summed E-state index contributed by atoms with van der Waals surface area (Å²) in [5, 5.41) is 0. The Kier molecular flexibility index (Phi) is 8.94. The largest absolute Gasteiger partial charge is 0.329 e. The van der Waals surface area contributed by atoms with E-state index >= 15 is 17.6 Å². The molecule has 2 saturated carbocycles. The third kappa shape index (κ3) is 5.31. The normalized spacial score (nSPS) is 25.0. The molecular formula is C53H42F10N2. The Bertz CT molecular complexity index is 2830. The van der Waals surface area contributed by atoms with Gasteiger partial charge in [0.1, 0.15) is 11.4 Å². The molecule has 0 saturated heterocycles. The summed E-state index contributed by atoms with van der Waals surface area (Å²) in [6, 6.07) is 23.5. The lowest BCUT2D eigenvalue weighted by atomic mass is 9.61. The zero-order chi connectivity index (χ0) is 45.9. The molecule has 6 aromatic rings. The Morgan fingerprint density at radius 2 is 0.677 bits per heavy atom. The standard InChI is InChI=1S/C53H42F10N2/c1-50-17-5-7-19-52(50,3)64(48-44(60)40(56)38(54)41(57)45(48)61)36-15-11-28(24-34(36)50)26-9-13-32-30(21-26)23-31-22-27(10-14-33(31)32)29-12-16-37-35(25-29)51(2)18-6-8-20-53(51,4)65(37)49-46(62)42(58)39(55)43(59)47(49)63/h9-16,21-22,24-25H,5-8,17-20,23H2,1-4H3. The van der Waals surface area contributed by atoms with Gasteiger partial charge in [0.2, 0.25) is 11.6 Å². The van der Waals surface area contributed by atoms with Crippen LogP contribution in [0.4, 0.5) is 66.7 Å². The van der Waals surface area contributed by atoms with E-state index in [2.05, 4.69) is 24.3 Å². The summed E-state index contributed by atoms with van der Waals surface area (Å²) in [4.78, 5) is 2.69. The molecule has 5 aliphatic rings. The summed E-state index contributed by atoms with van der Waals surface area (Å²) in [5.74, 6) is -19.7. The number of fused-ring (bicyclic) bond motifs is 9. The second kappa shape index (κ2) is 13.9. The Hall–Kier alpha value is -5.78. The quantitative estimate of drug-likeness (QED) is 0.0987. The number of benzene rings is 6. The molecule has 11 rings (SSSR count). The van der Waals surface area contributed by atoms with Gasteiger partial charge in [0.05, 0.1) is 11.1 Å².